The minimum Gasteiger partial charge on any atom is -0.462 e. The second-order valence-electron chi connectivity index (χ2n) is 7.92. The highest BCUT2D eigenvalue weighted by atomic mass is 79.9. The molecule has 38 heavy (non-hydrogen) atoms. The van der Waals surface area contributed by atoms with Gasteiger partial charge in [0.25, 0.3) is 5.91 Å². The Balaban J connectivity index is 1.83. The number of aromatic nitrogens is 3. The van der Waals surface area contributed by atoms with Gasteiger partial charge in [-0.25, -0.2) is 14.3 Å². The third-order valence-corrected chi connectivity index (χ3v) is 7.54. The fourth-order valence-corrected chi connectivity index (χ4v) is 5.25. The average molecular weight is 630 g/mol. The Morgan fingerprint density at radius 1 is 1.21 bits per heavy atom. The molecule has 0 radical (unpaired) electrons. The van der Waals surface area contributed by atoms with E-state index in [0.29, 0.717) is 15.6 Å². The first-order valence-corrected chi connectivity index (χ1v) is 12.9. The SMILES string of the molecule is CCOC(=O)c1c(NC(=O)c2nn3c(C(F)(F)F)cc(-c4ccc(Br)cc4)nc3c2Cl)sc(C(C)=O)c1C. The maximum absolute atomic E-state index is 14.0. The molecule has 14 heteroatoms. The molecule has 198 valence electrons. The predicted molar refractivity (Wildman–Crippen MR) is 139 cm³/mol. The lowest BCUT2D eigenvalue weighted by Crippen LogP contribution is -2.17. The number of ether oxygens (including phenoxy) is 1. The van der Waals surface area contributed by atoms with E-state index in [9.17, 15) is 27.6 Å². The number of carbonyl (C=O) groups is 3. The number of amides is 1. The topological polar surface area (TPSA) is 103 Å². The maximum atomic E-state index is 14.0. The number of fused-ring (bicyclic) bond motifs is 1. The van der Waals surface area contributed by atoms with Crippen LogP contribution in [0, 0.1) is 6.92 Å². The second-order valence-corrected chi connectivity index (χ2v) is 10.2. The summed E-state index contributed by atoms with van der Waals surface area (Å²) >= 11 is 10.4. The van der Waals surface area contributed by atoms with Gasteiger partial charge in [0.15, 0.2) is 22.8 Å². The molecule has 0 atom stereocenters. The molecule has 3 heterocycles. The Morgan fingerprint density at radius 2 is 1.87 bits per heavy atom. The molecular formula is C24H17BrClF3N4O4S. The molecule has 0 bridgehead atoms. The molecule has 1 aromatic carbocycles. The first kappa shape index (κ1) is 27.7. The number of halogens is 5. The van der Waals surface area contributed by atoms with Crippen LogP contribution in [-0.4, -0.2) is 38.9 Å². The van der Waals surface area contributed by atoms with E-state index >= 15 is 0 Å². The lowest BCUT2D eigenvalue weighted by molar-refractivity contribution is -0.142. The van der Waals surface area contributed by atoms with E-state index in [-0.39, 0.29) is 39.2 Å². The summed E-state index contributed by atoms with van der Waals surface area (Å²) in [5.41, 5.74) is -1.52. The molecule has 0 aliphatic heterocycles. The quantitative estimate of drug-likeness (QED) is 0.185. The summed E-state index contributed by atoms with van der Waals surface area (Å²) in [4.78, 5) is 42.2. The minimum absolute atomic E-state index is 0.0242. The number of nitrogens with zero attached hydrogens (tertiary/aromatic N) is 3. The molecule has 0 unspecified atom stereocenters. The van der Waals surface area contributed by atoms with Crippen molar-refractivity contribution in [2.45, 2.75) is 26.9 Å². The van der Waals surface area contributed by atoms with Crippen LogP contribution < -0.4 is 5.32 Å². The van der Waals surface area contributed by atoms with Crippen LogP contribution in [0.25, 0.3) is 16.9 Å². The molecule has 0 aliphatic rings. The first-order valence-electron chi connectivity index (χ1n) is 10.9. The first-order chi connectivity index (χ1) is 17.8. The van der Waals surface area contributed by atoms with Gasteiger partial charge in [-0.2, -0.15) is 18.3 Å². The summed E-state index contributed by atoms with van der Waals surface area (Å²) in [6.45, 7) is 4.46. The summed E-state index contributed by atoms with van der Waals surface area (Å²) < 4.78 is 48.2. The molecule has 4 aromatic rings. The van der Waals surface area contributed by atoms with Crippen molar-refractivity contribution in [1.82, 2.24) is 14.6 Å². The average Bonchev–Trinajstić information content (AvgIpc) is 3.35. The van der Waals surface area contributed by atoms with Gasteiger partial charge in [0.2, 0.25) is 0 Å². The smallest absolute Gasteiger partial charge is 0.433 e. The molecule has 0 saturated heterocycles. The van der Waals surface area contributed by atoms with Gasteiger partial charge in [-0.3, -0.25) is 9.59 Å². The fraction of sp³-hybridized carbons (Fsp3) is 0.208. The van der Waals surface area contributed by atoms with E-state index < -0.39 is 34.5 Å². The number of rotatable bonds is 6. The van der Waals surface area contributed by atoms with Crippen LogP contribution in [0.15, 0.2) is 34.8 Å². The van der Waals surface area contributed by atoms with Gasteiger partial charge in [0.1, 0.15) is 10.0 Å². The zero-order chi connectivity index (χ0) is 27.9. The number of hydrogen-bond donors (Lipinski definition) is 1. The van der Waals surface area contributed by atoms with Crippen LogP contribution in [0.1, 0.15) is 55.6 Å². The number of hydrogen-bond acceptors (Lipinski definition) is 7. The fourth-order valence-electron chi connectivity index (χ4n) is 3.66. The highest BCUT2D eigenvalue weighted by Crippen LogP contribution is 2.37. The highest BCUT2D eigenvalue weighted by Gasteiger charge is 2.37. The van der Waals surface area contributed by atoms with Crippen molar-refractivity contribution >= 4 is 67.2 Å². The van der Waals surface area contributed by atoms with Gasteiger partial charge in [-0.15, -0.1) is 11.3 Å². The molecule has 0 spiro atoms. The lowest BCUT2D eigenvalue weighted by atomic mass is 10.1. The largest absolute Gasteiger partial charge is 0.462 e. The Morgan fingerprint density at radius 3 is 2.45 bits per heavy atom. The number of nitrogens with one attached hydrogen (secondary N) is 1. The van der Waals surface area contributed by atoms with E-state index in [1.165, 1.54) is 13.8 Å². The monoisotopic (exact) mass is 628 g/mol. The van der Waals surface area contributed by atoms with E-state index in [1.807, 2.05) is 0 Å². The third kappa shape index (κ3) is 5.18. The van der Waals surface area contributed by atoms with E-state index in [4.69, 9.17) is 16.3 Å². The number of carbonyl (C=O) groups excluding carboxylic acids is 3. The molecule has 0 fully saturated rings. The second kappa shape index (κ2) is 10.5. The third-order valence-electron chi connectivity index (χ3n) is 5.35. The molecule has 0 aliphatic carbocycles. The van der Waals surface area contributed by atoms with Gasteiger partial charge >= 0.3 is 12.1 Å². The van der Waals surface area contributed by atoms with Crippen molar-refractivity contribution in [1.29, 1.82) is 0 Å². The van der Waals surface area contributed by atoms with E-state index in [0.717, 1.165) is 21.9 Å². The normalized spacial score (nSPS) is 11.6. The summed E-state index contributed by atoms with van der Waals surface area (Å²) in [7, 11) is 0. The Bertz CT molecular complexity index is 1600. The van der Waals surface area contributed by atoms with Gasteiger partial charge in [-0.1, -0.05) is 39.7 Å². The molecule has 0 saturated carbocycles. The zero-order valence-corrected chi connectivity index (χ0v) is 23.0. The zero-order valence-electron chi connectivity index (χ0n) is 19.9. The number of thiophene rings is 1. The predicted octanol–water partition coefficient (Wildman–Crippen LogP) is 6.83. The molecule has 8 nitrogen and oxygen atoms in total. The summed E-state index contributed by atoms with van der Waals surface area (Å²) in [5, 5.41) is 5.80. The van der Waals surface area contributed by atoms with Crippen molar-refractivity contribution < 1.29 is 32.3 Å². The van der Waals surface area contributed by atoms with Crippen molar-refractivity contribution in [3.63, 3.8) is 0 Å². The Hall–Kier alpha value is -3.29. The van der Waals surface area contributed by atoms with Crippen LogP contribution in [0.5, 0.6) is 0 Å². The van der Waals surface area contributed by atoms with Crippen molar-refractivity contribution in [3.05, 3.63) is 67.2 Å². The standard InChI is InChI=1S/C24H17BrClF3N4O4S/c1-4-37-23(36)16-10(2)19(11(3)34)38-22(16)31-21(35)18-17(26)20-30-14(12-5-7-13(25)8-6-12)9-15(24(27,28)29)33(20)32-18/h5-9H,4H2,1-3H3,(H,31,35). The Kier molecular flexibility index (Phi) is 7.64. The van der Waals surface area contributed by atoms with Gasteiger partial charge < -0.3 is 10.1 Å². The van der Waals surface area contributed by atoms with Crippen LogP contribution in [0.4, 0.5) is 18.2 Å². The van der Waals surface area contributed by atoms with Crippen molar-refractivity contribution in [2.24, 2.45) is 0 Å². The number of Topliss-reactive ketones (excluding diaryl/α,β-unsaturated/α-hetero) is 1. The Labute approximate surface area is 230 Å². The van der Waals surface area contributed by atoms with Gasteiger partial charge in [0, 0.05) is 10.0 Å². The van der Waals surface area contributed by atoms with Crippen LogP contribution in [0.2, 0.25) is 5.02 Å². The number of anilines is 1. The van der Waals surface area contributed by atoms with Crippen molar-refractivity contribution in [2.75, 3.05) is 11.9 Å². The van der Waals surface area contributed by atoms with E-state index in [1.54, 1.807) is 31.2 Å². The summed E-state index contributed by atoms with van der Waals surface area (Å²) in [5.74, 6) is -2.12. The van der Waals surface area contributed by atoms with Gasteiger partial charge in [-0.05, 0) is 44.5 Å². The van der Waals surface area contributed by atoms with Crippen LogP contribution in [0.3, 0.4) is 0 Å². The van der Waals surface area contributed by atoms with Crippen LogP contribution >= 0.6 is 38.9 Å². The lowest BCUT2D eigenvalue weighted by Gasteiger charge is -2.11. The molecule has 1 N–H and O–H groups in total. The van der Waals surface area contributed by atoms with Gasteiger partial charge in [0.05, 0.1) is 22.7 Å². The minimum atomic E-state index is -4.85. The van der Waals surface area contributed by atoms with E-state index in [2.05, 4.69) is 31.3 Å². The summed E-state index contributed by atoms with van der Waals surface area (Å²) in [6.07, 6.45) is -4.85. The summed E-state index contributed by atoms with van der Waals surface area (Å²) in [6, 6.07) is 7.24. The number of esters is 1. The molecule has 1 amide bonds. The number of alkyl halides is 3. The van der Waals surface area contributed by atoms with Crippen LogP contribution in [-0.2, 0) is 10.9 Å². The number of ketones is 1. The maximum Gasteiger partial charge on any atom is 0.433 e. The van der Waals surface area contributed by atoms with Crippen molar-refractivity contribution in [3.8, 4) is 11.3 Å². The molecular weight excluding hydrogens is 613 g/mol. The molecule has 4 rings (SSSR count). The highest BCUT2D eigenvalue weighted by molar-refractivity contribution is 9.10. The number of benzene rings is 1. The molecule has 3 aromatic heterocycles.